The molecule has 0 aliphatic rings. The zero-order chi connectivity index (χ0) is 17.7. The van der Waals surface area contributed by atoms with Crippen LogP contribution in [-0.4, -0.2) is 34.2 Å². The van der Waals surface area contributed by atoms with Crippen LogP contribution in [0.1, 0.15) is 19.5 Å². The van der Waals surface area contributed by atoms with Gasteiger partial charge in [0.2, 0.25) is 11.8 Å². The van der Waals surface area contributed by atoms with Crippen LogP contribution in [0.15, 0.2) is 36.5 Å². The summed E-state index contributed by atoms with van der Waals surface area (Å²) in [4.78, 5) is 23.9. The lowest BCUT2D eigenvalue weighted by molar-refractivity contribution is -0.125. The summed E-state index contributed by atoms with van der Waals surface area (Å²) in [6, 6.07) is 8.58. The Morgan fingerprint density at radius 3 is 2.52 bits per heavy atom. The van der Waals surface area contributed by atoms with Gasteiger partial charge in [-0.1, -0.05) is 26.0 Å². The molecule has 1 aromatic carbocycles. The maximum atomic E-state index is 12.1. The number of aryl methyl sites for hydroxylation is 1. The number of nitrogens with one attached hydrogen (secondary N) is 2. The number of aromatic nitrogens is 2. The molecule has 0 fully saturated rings. The van der Waals surface area contributed by atoms with Gasteiger partial charge >= 0.3 is 0 Å². The smallest absolute Gasteiger partial charge is 0.243 e. The first-order valence-corrected chi connectivity index (χ1v) is 7.83. The van der Waals surface area contributed by atoms with Crippen LogP contribution in [0.25, 0.3) is 5.69 Å². The highest BCUT2D eigenvalue weighted by Gasteiger charge is 2.18. The standard InChI is InChI=1S/C17H23N5O2.ClH/c1-11(2)16(18)17(24)19-10-15(23)20-13-6-4-5-7-14(13)22-9-8-12(3)21-22;/h4-9,11,16H,10,18H2,1-3H3,(H,19,24)(H,20,23);1H/t16-;/m0./s1. The number of halogens is 1. The number of hydrogen-bond acceptors (Lipinski definition) is 4. The Bertz CT molecular complexity index is 729. The Morgan fingerprint density at radius 2 is 1.92 bits per heavy atom. The van der Waals surface area contributed by atoms with E-state index in [1.807, 2.05) is 51.2 Å². The van der Waals surface area contributed by atoms with Gasteiger partial charge in [0.25, 0.3) is 0 Å². The number of benzene rings is 1. The molecule has 4 N–H and O–H groups in total. The Labute approximate surface area is 153 Å². The molecule has 2 aromatic rings. The molecule has 8 heteroatoms. The van der Waals surface area contributed by atoms with Gasteiger partial charge in [0.15, 0.2) is 0 Å². The third kappa shape index (κ3) is 5.58. The summed E-state index contributed by atoms with van der Waals surface area (Å²) in [6.45, 7) is 5.47. The summed E-state index contributed by atoms with van der Waals surface area (Å²) >= 11 is 0. The van der Waals surface area contributed by atoms with Crippen molar-refractivity contribution in [3.63, 3.8) is 0 Å². The number of rotatable bonds is 6. The van der Waals surface area contributed by atoms with Crippen LogP contribution in [-0.2, 0) is 9.59 Å². The number of hydrogen-bond donors (Lipinski definition) is 3. The Balaban J connectivity index is 0.00000312. The summed E-state index contributed by atoms with van der Waals surface area (Å²) in [5, 5.41) is 9.68. The minimum atomic E-state index is -0.628. The van der Waals surface area contributed by atoms with Crippen LogP contribution in [0.5, 0.6) is 0 Å². The monoisotopic (exact) mass is 365 g/mol. The van der Waals surface area contributed by atoms with Crippen molar-refractivity contribution in [3.8, 4) is 5.69 Å². The largest absolute Gasteiger partial charge is 0.346 e. The molecule has 0 saturated carbocycles. The molecule has 0 bridgehead atoms. The van der Waals surface area contributed by atoms with E-state index in [2.05, 4.69) is 15.7 Å². The topological polar surface area (TPSA) is 102 Å². The van der Waals surface area contributed by atoms with E-state index in [1.54, 1.807) is 10.7 Å². The van der Waals surface area contributed by atoms with Gasteiger partial charge in [0, 0.05) is 6.20 Å². The highest BCUT2D eigenvalue weighted by molar-refractivity contribution is 5.96. The van der Waals surface area contributed by atoms with Crippen LogP contribution in [0, 0.1) is 12.8 Å². The summed E-state index contributed by atoms with van der Waals surface area (Å²) in [7, 11) is 0. The zero-order valence-electron chi connectivity index (χ0n) is 14.5. The molecule has 1 aromatic heterocycles. The average Bonchev–Trinajstić information content (AvgIpc) is 2.98. The lowest BCUT2D eigenvalue weighted by Crippen LogP contribution is -2.46. The van der Waals surface area contributed by atoms with Crippen LogP contribution in [0.3, 0.4) is 0 Å². The zero-order valence-corrected chi connectivity index (χ0v) is 15.3. The molecule has 0 spiro atoms. The van der Waals surface area contributed by atoms with E-state index < -0.39 is 6.04 Å². The molecule has 0 saturated heterocycles. The van der Waals surface area contributed by atoms with Crippen LogP contribution < -0.4 is 16.4 Å². The minimum absolute atomic E-state index is 0. The van der Waals surface area contributed by atoms with E-state index in [0.717, 1.165) is 11.4 Å². The van der Waals surface area contributed by atoms with Crippen LogP contribution in [0.4, 0.5) is 5.69 Å². The molecule has 2 rings (SSSR count). The molecule has 25 heavy (non-hydrogen) atoms. The number of anilines is 1. The van der Waals surface area contributed by atoms with Gasteiger partial charge in [-0.05, 0) is 31.0 Å². The fourth-order valence-corrected chi connectivity index (χ4v) is 2.11. The van der Waals surface area contributed by atoms with Crippen molar-refractivity contribution in [2.45, 2.75) is 26.8 Å². The van der Waals surface area contributed by atoms with Gasteiger partial charge < -0.3 is 16.4 Å². The first-order valence-electron chi connectivity index (χ1n) is 7.83. The van der Waals surface area contributed by atoms with E-state index in [-0.39, 0.29) is 36.7 Å². The highest BCUT2D eigenvalue weighted by atomic mass is 35.5. The van der Waals surface area contributed by atoms with E-state index in [4.69, 9.17) is 5.73 Å². The molecule has 1 heterocycles. The number of para-hydroxylation sites is 2. The molecule has 136 valence electrons. The van der Waals surface area contributed by atoms with Gasteiger partial charge in [-0.15, -0.1) is 12.4 Å². The van der Waals surface area contributed by atoms with Crippen molar-refractivity contribution in [2.75, 3.05) is 11.9 Å². The normalized spacial score (nSPS) is 11.6. The second-order valence-electron chi connectivity index (χ2n) is 5.95. The van der Waals surface area contributed by atoms with Gasteiger partial charge in [0.05, 0.1) is 29.7 Å². The van der Waals surface area contributed by atoms with E-state index in [0.29, 0.717) is 5.69 Å². The molecular formula is C17H24ClN5O2. The average molecular weight is 366 g/mol. The minimum Gasteiger partial charge on any atom is -0.346 e. The van der Waals surface area contributed by atoms with Gasteiger partial charge in [-0.2, -0.15) is 5.10 Å². The first-order chi connectivity index (χ1) is 11.4. The second kappa shape index (κ2) is 9.19. The van der Waals surface area contributed by atoms with Crippen molar-refractivity contribution in [1.82, 2.24) is 15.1 Å². The Hall–Kier alpha value is -2.38. The van der Waals surface area contributed by atoms with Crippen molar-refractivity contribution in [1.29, 1.82) is 0 Å². The second-order valence-corrected chi connectivity index (χ2v) is 5.95. The predicted molar refractivity (Wildman–Crippen MR) is 100 cm³/mol. The maximum Gasteiger partial charge on any atom is 0.243 e. The fraction of sp³-hybridized carbons (Fsp3) is 0.353. The van der Waals surface area contributed by atoms with E-state index in [9.17, 15) is 9.59 Å². The third-order valence-electron chi connectivity index (χ3n) is 3.59. The van der Waals surface area contributed by atoms with Crippen molar-refractivity contribution < 1.29 is 9.59 Å². The molecule has 0 unspecified atom stereocenters. The predicted octanol–water partition coefficient (Wildman–Crippen LogP) is 1.64. The molecule has 0 aliphatic heterocycles. The SMILES string of the molecule is Cc1ccn(-c2ccccc2NC(=O)CNC(=O)[C@@H](N)C(C)C)n1.Cl. The van der Waals surface area contributed by atoms with E-state index in [1.165, 1.54) is 0 Å². The van der Waals surface area contributed by atoms with Crippen molar-refractivity contribution >= 4 is 29.9 Å². The third-order valence-corrected chi connectivity index (χ3v) is 3.59. The number of nitrogens with two attached hydrogens (primary N) is 1. The lowest BCUT2D eigenvalue weighted by atomic mass is 10.1. The maximum absolute atomic E-state index is 12.1. The van der Waals surface area contributed by atoms with Crippen LogP contribution >= 0.6 is 12.4 Å². The number of amides is 2. The molecule has 7 nitrogen and oxygen atoms in total. The van der Waals surface area contributed by atoms with Crippen LogP contribution in [0.2, 0.25) is 0 Å². The summed E-state index contributed by atoms with van der Waals surface area (Å²) in [5.41, 5.74) is 8.00. The quantitative estimate of drug-likeness (QED) is 0.724. The number of carbonyl (C=O) groups excluding carboxylic acids is 2. The van der Waals surface area contributed by atoms with Gasteiger partial charge in [-0.3, -0.25) is 9.59 Å². The molecule has 0 aliphatic carbocycles. The molecule has 2 amide bonds. The molecule has 0 radical (unpaired) electrons. The van der Waals surface area contributed by atoms with Gasteiger partial charge in [0.1, 0.15) is 0 Å². The Kier molecular flexibility index (Phi) is 7.60. The Morgan fingerprint density at radius 1 is 1.24 bits per heavy atom. The van der Waals surface area contributed by atoms with Crippen molar-refractivity contribution in [2.24, 2.45) is 11.7 Å². The van der Waals surface area contributed by atoms with Gasteiger partial charge in [-0.25, -0.2) is 4.68 Å². The van der Waals surface area contributed by atoms with E-state index >= 15 is 0 Å². The summed E-state index contributed by atoms with van der Waals surface area (Å²) in [6.07, 6.45) is 1.82. The molecule has 1 atom stereocenters. The van der Waals surface area contributed by atoms with Crippen molar-refractivity contribution in [3.05, 3.63) is 42.2 Å². The highest BCUT2D eigenvalue weighted by Crippen LogP contribution is 2.19. The number of nitrogens with zero attached hydrogens (tertiary/aromatic N) is 2. The molecular weight excluding hydrogens is 342 g/mol. The number of carbonyl (C=O) groups is 2. The fourth-order valence-electron chi connectivity index (χ4n) is 2.11. The lowest BCUT2D eigenvalue weighted by Gasteiger charge is -2.15. The summed E-state index contributed by atoms with van der Waals surface area (Å²) in [5.74, 6) is -0.649. The summed E-state index contributed by atoms with van der Waals surface area (Å²) < 4.78 is 1.69. The first kappa shape index (κ1) is 20.7.